The summed E-state index contributed by atoms with van der Waals surface area (Å²) < 4.78 is 16.2. The van der Waals surface area contributed by atoms with Crippen LogP contribution in [0.1, 0.15) is 25.0 Å². The van der Waals surface area contributed by atoms with Gasteiger partial charge in [-0.25, -0.2) is 0 Å². The van der Waals surface area contributed by atoms with Gasteiger partial charge in [0.15, 0.2) is 0 Å². The first-order valence-corrected chi connectivity index (χ1v) is 11.4. The van der Waals surface area contributed by atoms with Crippen molar-refractivity contribution in [3.8, 4) is 11.5 Å². The van der Waals surface area contributed by atoms with Crippen molar-refractivity contribution in [3.05, 3.63) is 72.7 Å². The molecule has 3 N–H and O–H groups in total. The number of anilines is 2. The number of carbonyl (C=O) groups is 3. The van der Waals surface area contributed by atoms with E-state index in [4.69, 9.17) is 13.9 Å². The van der Waals surface area contributed by atoms with Gasteiger partial charge in [-0.15, -0.1) is 0 Å². The number of methoxy groups -OCH3 is 2. The Bertz CT molecular complexity index is 1250. The standard InChI is InChI=1S/C27H28N2O7/c1-27(33)15-18(30)22(25(31)28-16-9-4-6-11-19(16)34-2)23(21-13-8-14-36-21)24(27)26(32)29-17-10-5-7-12-20(17)35-3/h4-14,22-24,33H,15H2,1-3H3,(H,28,31)(H,29,32). The Morgan fingerprint density at radius 2 is 1.47 bits per heavy atom. The lowest BCUT2D eigenvalue weighted by atomic mass is 9.62. The minimum Gasteiger partial charge on any atom is -0.495 e. The maximum absolute atomic E-state index is 13.7. The van der Waals surface area contributed by atoms with Crippen molar-refractivity contribution in [3.63, 3.8) is 0 Å². The van der Waals surface area contributed by atoms with Crippen molar-refractivity contribution < 1.29 is 33.4 Å². The normalized spacial score (nSPS) is 23.6. The summed E-state index contributed by atoms with van der Waals surface area (Å²) in [7, 11) is 2.95. The van der Waals surface area contributed by atoms with Crippen molar-refractivity contribution in [1.82, 2.24) is 0 Å². The minimum absolute atomic E-state index is 0.240. The number of benzene rings is 2. The smallest absolute Gasteiger partial charge is 0.235 e. The number of amides is 2. The van der Waals surface area contributed by atoms with Crippen LogP contribution in [0.4, 0.5) is 11.4 Å². The van der Waals surface area contributed by atoms with Crippen molar-refractivity contribution in [2.24, 2.45) is 11.8 Å². The predicted octanol–water partition coefficient (Wildman–Crippen LogP) is 3.61. The molecule has 1 fully saturated rings. The Labute approximate surface area is 208 Å². The lowest BCUT2D eigenvalue weighted by molar-refractivity contribution is -0.151. The number of rotatable bonds is 7. The molecule has 1 aliphatic carbocycles. The van der Waals surface area contributed by atoms with Gasteiger partial charge in [-0.2, -0.15) is 0 Å². The van der Waals surface area contributed by atoms with Crippen LogP contribution in [-0.2, 0) is 14.4 Å². The Balaban J connectivity index is 1.73. The summed E-state index contributed by atoms with van der Waals surface area (Å²) in [5, 5.41) is 16.9. The van der Waals surface area contributed by atoms with Gasteiger partial charge in [0.05, 0.1) is 49.3 Å². The van der Waals surface area contributed by atoms with Gasteiger partial charge in [-0.1, -0.05) is 24.3 Å². The molecule has 3 aromatic rings. The highest BCUT2D eigenvalue weighted by molar-refractivity contribution is 6.10. The molecular formula is C27H28N2O7. The molecule has 0 saturated heterocycles. The summed E-state index contributed by atoms with van der Waals surface area (Å²) in [6.45, 7) is 1.42. The van der Waals surface area contributed by atoms with Crippen LogP contribution in [0.15, 0.2) is 71.3 Å². The first-order valence-electron chi connectivity index (χ1n) is 11.4. The fourth-order valence-corrected chi connectivity index (χ4v) is 4.83. The average Bonchev–Trinajstić information content (AvgIpc) is 3.38. The minimum atomic E-state index is -1.75. The highest BCUT2D eigenvalue weighted by Crippen LogP contribution is 2.47. The molecule has 2 amide bonds. The van der Waals surface area contributed by atoms with Gasteiger partial charge in [0, 0.05) is 6.42 Å². The molecule has 0 bridgehead atoms. The number of hydrogen-bond acceptors (Lipinski definition) is 7. The van der Waals surface area contributed by atoms with Crippen LogP contribution in [0.2, 0.25) is 0 Å². The molecule has 0 spiro atoms. The zero-order valence-corrected chi connectivity index (χ0v) is 20.2. The highest BCUT2D eigenvalue weighted by Gasteiger charge is 2.57. The number of hydrogen-bond donors (Lipinski definition) is 3. The summed E-state index contributed by atoms with van der Waals surface area (Å²) in [6.07, 6.45) is 1.01. The zero-order chi connectivity index (χ0) is 25.9. The van der Waals surface area contributed by atoms with Crippen molar-refractivity contribution in [1.29, 1.82) is 0 Å². The van der Waals surface area contributed by atoms with E-state index in [-0.39, 0.29) is 5.76 Å². The monoisotopic (exact) mass is 492 g/mol. The van der Waals surface area contributed by atoms with Gasteiger partial charge in [-0.3, -0.25) is 14.4 Å². The van der Waals surface area contributed by atoms with Crippen LogP contribution >= 0.6 is 0 Å². The molecule has 1 aliphatic rings. The van der Waals surface area contributed by atoms with Crippen molar-refractivity contribution in [2.45, 2.75) is 24.9 Å². The number of aliphatic hydroxyl groups is 1. The van der Waals surface area contributed by atoms with Gasteiger partial charge in [0.1, 0.15) is 29.0 Å². The number of nitrogens with one attached hydrogen (secondary N) is 2. The topological polar surface area (TPSA) is 127 Å². The third-order valence-electron chi connectivity index (χ3n) is 6.43. The van der Waals surface area contributed by atoms with E-state index >= 15 is 0 Å². The molecular weight excluding hydrogens is 464 g/mol. The predicted molar refractivity (Wildman–Crippen MR) is 132 cm³/mol. The molecule has 2 aromatic carbocycles. The summed E-state index contributed by atoms with van der Waals surface area (Å²) in [4.78, 5) is 40.5. The SMILES string of the molecule is COc1ccccc1NC(=O)C1C(=O)CC(C)(O)C(C(=O)Nc2ccccc2OC)C1c1ccco1. The van der Waals surface area contributed by atoms with E-state index in [1.807, 2.05) is 0 Å². The van der Waals surface area contributed by atoms with Gasteiger partial charge in [0.25, 0.3) is 0 Å². The second-order valence-electron chi connectivity index (χ2n) is 8.88. The molecule has 1 saturated carbocycles. The third kappa shape index (κ3) is 4.83. The molecule has 36 heavy (non-hydrogen) atoms. The average molecular weight is 493 g/mol. The number of furan rings is 1. The van der Waals surface area contributed by atoms with E-state index in [1.165, 1.54) is 27.4 Å². The molecule has 0 radical (unpaired) electrons. The summed E-state index contributed by atoms with van der Waals surface area (Å²) in [5.41, 5.74) is -0.976. The zero-order valence-electron chi connectivity index (χ0n) is 20.2. The van der Waals surface area contributed by atoms with E-state index in [9.17, 15) is 19.5 Å². The second-order valence-corrected chi connectivity index (χ2v) is 8.88. The molecule has 4 rings (SSSR count). The molecule has 1 heterocycles. The van der Waals surface area contributed by atoms with E-state index in [0.717, 1.165) is 0 Å². The molecule has 0 aliphatic heterocycles. The van der Waals surface area contributed by atoms with Crippen LogP contribution in [-0.4, -0.2) is 42.5 Å². The maximum atomic E-state index is 13.7. The van der Waals surface area contributed by atoms with Gasteiger partial charge in [-0.05, 0) is 43.3 Å². The number of ketones is 1. The summed E-state index contributed by atoms with van der Waals surface area (Å²) in [6, 6.07) is 16.8. The van der Waals surface area contributed by atoms with E-state index in [1.54, 1.807) is 60.7 Å². The van der Waals surface area contributed by atoms with Crippen molar-refractivity contribution in [2.75, 3.05) is 24.9 Å². The largest absolute Gasteiger partial charge is 0.495 e. The molecule has 4 atom stereocenters. The van der Waals surface area contributed by atoms with Crippen LogP contribution in [0.3, 0.4) is 0 Å². The Morgan fingerprint density at radius 3 is 2.00 bits per heavy atom. The summed E-state index contributed by atoms with van der Waals surface area (Å²) in [5.74, 6) is -4.18. The fourth-order valence-electron chi connectivity index (χ4n) is 4.83. The first-order chi connectivity index (χ1) is 17.3. The second kappa shape index (κ2) is 10.2. The lowest BCUT2D eigenvalue weighted by Crippen LogP contribution is -2.56. The lowest BCUT2D eigenvalue weighted by Gasteiger charge is -2.43. The molecule has 9 nitrogen and oxygen atoms in total. The quantitative estimate of drug-likeness (QED) is 0.430. The maximum Gasteiger partial charge on any atom is 0.235 e. The highest BCUT2D eigenvalue weighted by atomic mass is 16.5. The first kappa shape index (κ1) is 25.0. The Kier molecular flexibility index (Phi) is 7.12. The van der Waals surface area contributed by atoms with Gasteiger partial charge in [0.2, 0.25) is 11.8 Å². The van der Waals surface area contributed by atoms with Crippen LogP contribution < -0.4 is 20.1 Å². The van der Waals surface area contributed by atoms with Crippen LogP contribution in [0, 0.1) is 11.8 Å². The van der Waals surface area contributed by atoms with E-state index in [2.05, 4.69) is 10.6 Å². The third-order valence-corrected chi connectivity index (χ3v) is 6.43. The Hall–Kier alpha value is -4.11. The van der Waals surface area contributed by atoms with Crippen molar-refractivity contribution >= 4 is 29.0 Å². The van der Waals surface area contributed by atoms with Gasteiger partial charge >= 0.3 is 0 Å². The molecule has 1 aromatic heterocycles. The van der Waals surface area contributed by atoms with Crippen LogP contribution in [0.5, 0.6) is 11.5 Å². The number of Topliss-reactive ketones (excluding diaryl/α,β-unsaturated/α-hetero) is 1. The van der Waals surface area contributed by atoms with E-state index in [0.29, 0.717) is 22.9 Å². The molecule has 188 valence electrons. The van der Waals surface area contributed by atoms with Crippen LogP contribution in [0.25, 0.3) is 0 Å². The van der Waals surface area contributed by atoms with E-state index < -0.39 is 47.4 Å². The molecule has 4 unspecified atom stereocenters. The summed E-state index contributed by atoms with van der Waals surface area (Å²) >= 11 is 0. The fraction of sp³-hybridized carbons (Fsp3) is 0.296. The Morgan fingerprint density at radius 1 is 0.917 bits per heavy atom. The number of para-hydroxylation sites is 4. The number of carbonyl (C=O) groups excluding carboxylic acids is 3. The molecule has 9 heteroatoms. The van der Waals surface area contributed by atoms with Gasteiger partial charge < -0.3 is 29.6 Å². The number of ether oxygens (including phenoxy) is 2.